The first-order valence-corrected chi connectivity index (χ1v) is 6.67. The molecule has 0 bridgehead atoms. The van der Waals surface area contributed by atoms with Crippen LogP contribution in [0.2, 0.25) is 0 Å². The van der Waals surface area contributed by atoms with Gasteiger partial charge in [0.05, 0.1) is 0 Å². The van der Waals surface area contributed by atoms with E-state index in [9.17, 15) is 13.2 Å². The number of carboxylic acid groups (broad SMARTS) is 1. The summed E-state index contributed by atoms with van der Waals surface area (Å²) in [6.07, 6.45) is 2.97. The zero-order valence-corrected chi connectivity index (χ0v) is 10.1. The summed E-state index contributed by atoms with van der Waals surface area (Å²) in [5, 5.41) is 8.49. The van der Waals surface area contributed by atoms with Crippen LogP contribution in [0.1, 0.15) is 0 Å². The van der Waals surface area contributed by atoms with E-state index in [1.807, 2.05) is 0 Å². The van der Waals surface area contributed by atoms with Gasteiger partial charge >= 0.3 is 5.97 Å². The summed E-state index contributed by atoms with van der Waals surface area (Å²) in [7, 11) is 0.974. The van der Waals surface area contributed by atoms with Crippen LogP contribution >= 0.6 is 33.9 Å². The number of carbonyl (C=O) groups is 1. The second kappa shape index (κ2) is 3.97. The molecular weight excluding hydrogens is 286 g/mol. The Kier molecular flexibility index (Phi) is 3.40. The van der Waals surface area contributed by atoms with Crippen LogP contribution in [0.15, 0.2) is 23.3 Å². The highest BCUT2D eigenvalue weighted by Gasteiger charge is 2.40. The Bertz CT molecular complexity index is 453. The average molecular weight is 292 g/mol. The van der Waals surface area contributed by atoms with Crippen molar-refractivity contribution in [3.8, 4) is 0 Å². The molecule has 0 saturated carbocycles. The SMILES string of the molecule is O=C(O)C1C=CC(Cl)(S(=O)(=O)Cl)C=C1Cl. The molecule has 1 aliphatic carbocycles. The van der Waals surface area contributed by atoms with Crippen LogP contribution in [0, 0.1) is 5.92 Å². The third-order valence-electron chi connectivity index (χ3n) is 1.79. The van der Waals surface area contributed by atoms with E-state index >= 15 is 0 Å². The minimum atomic E-state index is -4.11. The molecule has 84 valence electrons. The van der Waals surface area contributed by atoms with Gasteiger partial charge in [0.1, 0.15) is 5.92 Å². The molecule has 0 aliphatic heterocycles. The second-order valence-corrected chi connectivity index (χ2v) is 6.90. The van der Waals surface area contributed by atoms with Gasteiger partial charge in [0.25, 0.3) is 9.05 Å². The van der Waals surface area contributed by atoms with Crippen molar-refractivity contribution >= 4 is 48.9 Å². The first kappa shape index (κ1) is 12.8. The fourth-order valence-electron chi connectivity index (χ4n) is 0.997. The highest BCUT2D eigenvalue weighted by molar-refractivity contribution is 8.16. The van der Waals surface area contributed by atoms with Crippen LogP contribution in [-0.2, 0) is 13.8 Å². The maximum atomic E-state index is 11.1. The Hall–Kier alpha value is -0.230. The summed E-state index contributed by atoms with van der Waals surface area (Å²) >= 11 is 11.2. The Morgan fingerprint density at radius 1 is 1.53 bits per heavy atom. The third kappa shape index (κ3) is 2.47. The van der Waals surface area contributed by atoms with Crippen LogP contribution in [0.25, 0.3) is 0 Å². The van der Waals surface area contributed by atoms with Crippen molar-refractivity contribution in [3.63, 3.8) is 0 Å². The Morgan fingerprint density at radius 2 is 2.07 bits per heavy atom. The van der Waals surface area contributed by atoms with Crippen molar-refractivity contribution in [2.45, 2.75) is 4.21 Å². The summed E-state index contributed by atoms with van der Waals surface area (Å²) in [5.74, 6) is -2.28. The highest BCUT2D eigenvalue weighted by atomic mass is 35.7. The van der Waals surface area contributed by atoms with Crippen molar-refractivity contribution in [2.75, 3.05) is 0 Å². The van der Waals surface area contributed by atoms with Gasteiger partial charge in [-0.25, -0.2) is 8.42 Å². The molecule has 1 rings (SSSR count). The predicted molar refractivity (Wildman–Crippen MR) is 57.6 cm³/mol. The van der Waals surface area contributed by atoms with Gasteiger partial charge in [-0.3, -0.25) is 4.79 Å². The maximum Gasteiger partial charge on any atom is 0.315 e. The minimum absolute atomic E-state index is 0.191. The summed E-state index contributed by atoms with van der Waals surface area (Å²) in [6.45, 7) is 0. The zero-order chi connectivity index (χ0) is 11.9. The van der Waals surface area contributed by atoms with Crippen molar-refractivity contribution in [1.29, 1.82) is 0 Å². The molecule has 0 saturated heterocycles. The van der Waals surface area contributed by atoms with Gasteiger partial charge in [0, 0.05) is 15.7 Å². The monoisotopic (exact) mass is 290 g/mol. The van der Waals surface area contributed by atoms with Crippen LogP contribution in [0.3, 0.4) is 0 Å². The molecule has 0 spiro atoms. The number of rotatable bonds is 2. The summed E-state index contributed by atoms with van der Waals surface area (Å²) < 4.78 is 20.1. The fraction of sp³-hybridized carbons (Fsp3) is 0.286. The van der Waals surface area contributed by atoms with E-state index in [2.05, 4.69) is 0 Å². The molecule has 4 nitrogen and oxygen atoms in total. The maximum absolute atomic E-state index is 11.1. The molecule has 0 fully saturated rings. The summed E-state index contributed by atoms with van der Waals surface area (Å²) in [4.78, 5) is 10.6. The van der Waals surface area contributed by atoms with Gasteiger partial charge in [-0.15, -0.1) is 0 Å². The minimum Gasteiger partial charge on any atom is -0.481 e. The second-order valence-electron chi connectivity index (χ2n) is 2.84. The number of hydrogen-bond acceptors (Lipinski definition) is 3. The molecule has 1 N–H and O–H groups in total. The molecule has 15 heavy (non-hydrogen) atoms. The number of hydrogen-bond donors (Lipinski definition) is 1. The van der Waals surface area contributed by atoms with Crippen molar-refractivity contribution in [1.82, 2.24) is 0 Å². The normalized spacial score (nSPS) is 31.1. The first-order valence-electron chi connectivity index (χ1n) is 3.61. The van der Waals surface area contributed by atoms with E-state index in [4.69, 9.17) is 39.0 Å². The van der Waals surface area contributed by atoms with E-state index in [1.165, 1.54) is 0 Å². The first-order chi connectivity index (χ1) is 6.67. The quantitative estimate of drug-likeness (QED) is 0.479. The topological polar surface area (TPSA) is 71.4 Å². The lowest BCUT2D eigenvalue weighted by molar-refractivity contribution is -0.138. The van der Waals surface area contributed by atoms with Crippen LogP contribution in [0.5, 0.6) is 0 Å². The lowest BCUT2D eigenvalue weighted by atomic mass is 10.0. The molecule has 0 radical (unpaired) electrons. The van der Waals surface area contributed by atoms with Gasteiger partial charge in [-0.1, -0.05) is 29.3 Å². The van der Waals surface area contributed by atoms with Gasteiger partial charge in [-0.05, 0) is 12.2 Å². The molecule has 8 heteroatoms. The van der Waals surface area contributed by atoms with Gasteiger partial charge in [0.2, 0.25) is 0 Å². The van der Waals surface area contributed by atoms with E-state index in [-0.39, 0.29) is 5.03 Å². The van der Waals surface area contributed by atoms with E-state index in [0.717, 1.165) is 18.2 Å². The highest BCUT2D eigenvalue weighted by Crippen LogP contribution is 2.37. The van der Waals surface area contributed by atoms with E-state index < -0.39 is 25.1 Å². The summed E-state index contributed by atoms with van der Waals surface area (Å²) in [6, 6.07) is 0. The Balaban J connectivity index is 3.18. The molecule has 2 atom stereocenters. The summed E-state index contributed by atoms with van der Waals surface area (Å²) in [5.41, 5.74) is 0. The predicted octanol–water partition coefficient (Wildman–Crippen LogP) is 1.88. The molecule has 0 amide bonds. The van der Waals surface area contributed by atoms with Crippen LogP contribution < -0.4 is 0 Å². The van der Waals surface area contributed by atoms with E-state index in [0.29, 0.717) is 0 Å². The number of halogens is 3. The van der Waals surface area contributed by atoms with Crippen molar-refractivity contribution in [2.24, 2.45) is 5.92 Å². The fourth-order valence-corrected chi connectivity index (χ4v) is 2.44. The molecule has 2 unspecified atom stereocenters. The van der Waals surface area contributed by atoms with Crippen LogP contribution in [-0.4, -0.2) is 23.7 Å². The van der Waals surface area contributed by atoms with Crippen molar-refractivity contribution in [3.05, 3.63) is 23.3 Å². The standard InChI is InChI=1S/C7H5Cl3O4S/c8-5-3-7(9,15(10,13)14)2-1-4(5)6(11)12/h1-4H,(H,11,12). The molecule has 1 aliphatic rings. The lowest BCUT2D eigenvalue weighted by Crippen LogP contribution is -2.29. The zero-order valence-electron chi connectivity index (χ0n) is 7.02. The molecular formula is C7H5Cl3O4S. The van der Waals surface area contributed by atoms with Crippen molar-refractivity contribution < 1.29 is 18.3 Å². The largest absolute Gasteiger partial charge is 0.481 e. The molecule has 0 aromatic heterocycles. The Labute approximate surface area is 101 Å². The van der Waals surface area contributed by atoms with Gasteiger partial charge in [-0.2, -0.15) is 0 Å². The smallest absolute Gasteiger partial charge is 0.315 e. The van der Waals surface area contributed by atoms with Crippen LogP contribution in [0.4, 0.5) is 0 Å². The van der Waals surface area contributed by atoms with E-state index in [1.54, 1.807) is 0 Å². The third-order valence-corrected chi connectivity index (χ3v) is 4.98. The number of aliphatic carboxylic acids is 1. The molecule has 0 aromatic rings. The molecule has 0 aromatic carbocycles. The average Bonchev–Trinajstić information content (AvgIpc) is 2.00. The lowest BCUT2D eigenvalue weighted by Gasteiger charge is -2.21. The molecule has 0 heterocycles. The van der Waals surface area contributed by atoms with Gasteiger partial charge in [0.15, 0.2) is 4.21 Å². The Morgan fingerprint density at radius 3 is 2.40 bits per heavy atom. The number of carboxylic acids is 1. The van der Waals surface area contributed by atoms with Gasteiger partial charge < -0.3 is 5.11 Å². The number of alkyl halides is 1.